The van der Waals surface area contributed by atoms with E-state index in [0.717, 1.165) is 0 Å². The molecule has 1 aliphatic heterocycles. The number of benzene rings is 1. The highest BCUT2D eigenvalue weighted by Crippen LogP contribution is 2.36. The minimum atomic E-state index is -0.663. The Bertz CT molecular complexity index is 685. The summed E-state index contributed by atoms with van der Waals surface area (Å²) in [5.74, 6) is -0.664. The number of carbonyl (C=O) groups is 1. The average molecular weight is 321 g/mol. The Hall–Kier alpha value is -2.35. The van der Waals surface area contributed by atoms with E-state index < -0.39 is 10.7 Å². The van der Waals surface area contributed by atoms with Crippen molar-refractivity contribution in [2.75, 3.05) is 13.1 Å². The van der Waals surface area contributed by atoms with Gasteiger partial charge in [-0.1, -0.05) is 12.1 Å². The lowest BCUT2D eigenvalue weighted by atomic mass is 10.1. The molecule has 0 radical (unpaired) electrons. The van der Waals surface area contributed by atoms with Gasteiger partial charge in [0.25, 0.3) is 5.91 Å². The lowest BCUT2D eigenvalue weighted by molar-refractivity contribution is -0.385. The predicted molar refractivity (Wildman–Crippen MR) is 85.7 cm³/mol. The highest BCUT2D eigenvalue weighted by atomic mass is 32.2. The molecule has 0 aromatic heterocycles. The number of rotatable bonds is 4. The number of amides is 1. The molecule has 1 aromatic rings. The number of hydrogen-bond donors (Lipinski definition) is 1. The quantitative estimate of drug-likeness (QED) is 0.522. The van der Waals surface area contributed by atoms with E-state index >= 15 is 0 Å². The lowest BCUT2D eigenvalue weighted by Gasteiger charge is -2.11. The van der Waals surface area contributed by atoms with Crippen LogP contribution in [0.1, 0.15) is 19.4 Å². The summed E-state index contributed by atoms with van der Waals surface area (Å²) >= 11 is 1.20. The number of phenolic OH excluding ortho intramolecular Hbond substituents is 1. The Kier molecular flexibility index (Phi) is 4.81. The Morgan fingerprint density at radius 2 is 2.18 bits per heavy atom. The summed E-state index contributed by atoms with van der Waals surface area (Å²) in [6.45, 7) is 4.77. The zero-order valence-electron chi connectivity index (χ0n) is 12.1. The van der Waals surface area contributed by atoms with Crippen molar-refractivity contribution in [3.05, 3.63) is 38.8 Å². The molecule has 8 heteroatoms. The van der Waals surface area contributed by atoms with Crippen molar-refractivity contribution in [3.63, 3.8) is 0 Å². The normalized spacial score (nSPS) is 18.5. The number of hydrogen-bond acceptors (Lipinski definition) is 6. The van der Waals surface area contributed by atoms with Crippen molar-refractivity contribution in [2.24, 2.45) is 4.99 Å². The lowest BCUT2D eigenvalue weighted by Crippen LogP contribution is -2.28. The van der Waals surface area contributed by atoms with Crippen LogP contribution in [-0.4, -0.2) is 39.1 Å². The van der Waals surface area contributed by atoms with Gasteiger partial charge in [0.2, 0.25) is 5.75 Å². The summed E-state index contributed by atoms with van der Waals surface area (Å²) in [5, 5.41) is 21.4. The minimum Gasteiger partial charge on any atom is -0.502 e. The fourth-order valence-electron chi connectivity index (χ4n) is 1.99. The maximum atomic E-state index is 12.3. The molecule has 1 aliphatic rings. The van der Waals surface area contributed by atoms with E-state index in [1.807, 2.05) is 13.8 Å². The van der Waals surface area contributed by atoms with Crippen LogP contribution in [0.25, 0.3) is 6.08 Å². The summed E-state index contributed by atoms with van der Waals surface area (Å²) < 4.78 is 0. The van der Waals surface area contributed by atoms with Gasteiger partial charge in [0, 0.05) is 24.7 Å². The number of nitro benzene ring substituents is 1. The number of aromatic hydroxyl groups is 1. The van der Waals surface area contributed by atoms with Gasteiger partial charge in [0.15, 0.2) is 5.17 Å². The van der Waals surface area contributed by atoms with E-state index in [4.69, 9.17) is 0 Å². The Balaban J connectivity index is 2.42. The zero-order valence-corrected chi connectivity index (χ0v) is 13.0. The summed E-state index contributed by atoms with van der Waals surface area (Å²) in [6, 6.07) is 4.20. The molecular weight excluding hydrogens is 306 g/mol. The van der Waals surface area contributed by atoms with Gasteiger partial charge in [0.05, 0.1) is 9.83 Å². The molecule has 7 nitrogen and oxygen atoms in total. The number of para-hydroxylation sites is 1. The minimum absolute atomic E-state index is 0.217. The third-order valence-electron chi connectivity index (χ3n) is 3.03. The van der Waals surface area contributed by atoms with E-state index in [-0.39, 0.29) is 17.2 Å². The van der Waals surface area contributed by atoms with Gasteiger partial charge in [-0.3, -0.25) is 24.8 Å². The molecule has 0 atom stereocenters. The molecular formula is C14H15N3O4S. The van der Waals surface area contributed by atoms with Crippen LogP contribution >= 0.6 is 11.8 Å². The molecule has 116 valence electrons. The largest absolute Gasteiger partial charge is 0.502 e. The van der Waals surface area contributed by atoms with Gasteiger partial charge in [-0.15, -0.1) is 0 Å². The van der Waals surface area contributed by atoms with Gasteiger partial charge >= 0.3 is 5.69 Å². The second-order valence-corrected chi connectivity index (χ2v) is 5.40. The molecule has 0 unspecified atom stereocenters. The number of aliphatic imine (C=N–C) groups is 1. The third kappa shape index (κ3) is 2.96. The highest BCUT2D eigenvalue weighted by molar-refractivity contribution is 8.18. The summed E-state index contributed by atoms with van der Waals surface area (Å²) in [7, 11) is 0. The first kappa shape index (κ1) is 16.0. The second-order valence-electron chi connectivity index (χ2n) is 4.39. The van der Waals surface area contributed by atoms with Crippen LogP contribution < -0.4 is 0 Å². The van der Waals surface area contributed by atoms with Gasteiger partial charge < -0.3 is 5.11 Å². The van der Waals surface area contributed by atoms with E-state index in [2.05, 4.69) is 4.99 Å². The molecule has 0 saturated carbocycles. The topological polar surface area (TPSA) is 96.0 Å². The van der Waals surface area contributed by atoms with Crippen molar-refractivity contribution in [3.8, 4) is 5.75 Å². The van der Waals surface area contributed by atoms with E-state index in [9.17, 15) is 20.0 Å². The Morgan fingerprint density at radius 1 is 1.45 bits per heavy atom. The summed E-state index contributed by atoms with van der Waals surface area (Å²) in [5.41, 5.74) is -0.154. The van der Waals surface area contributed by atoms with Crippen molar-refractivity contribution < 1.29 is 14.8 Å². The molecule has 1 amide bonds. The molecule has 0 bridgehead atoms. The predicted octanol–water partition coefficient (Wildman–Crippen LogP) is 2.61. The third-order valence-corrected chi connectivity index (χ3v) is 4.07. The number of phenols is 1. The van der Waals surface area contributed by atoms with Crippen LogP contribution in [0.5, 0.6) is 5.75 Å². The van der Waals surface area contributed by atoms with Crippen LogP contribution in [0.4, 0.5) is 5.69 Å². The summed E-state index contributed by atoms with van der Waals surface area (Å²) in [6.07, 6.45) is 1.45. The van der Waals surface area contributed by atoms with E-state index in [1.54, 1.807) is 0 Å². The van der Waals surface area contributed by atoms with Crippen LogP contribution in [0.15, 0.2) is 28.1 Å². The van der Waals surface area contributed by atoms with Gasteiger partial charge in [-0.2, -0.15) is 0 Å². The smallest absolute Gasteiger partial charge is 0.311 e. The van der Waals surface area contributed by atoms with Crippen LogP contribution in [-0.2, 0) is 4.79 Å². The monoisotopic (exact) mass is 321 g/mol. The number of amidine groups is 1. The first-order chi connectivity index (χ1) is 10.5. The van der Waals surface area contributed by atoms with Gasteiger partial charge in [-0.05, 0) is 31.7 Å². The van der Waals surface area contributed by atoms with E-state index in [1.165, 1.54) is 40.9 Å². The molecule has 0 spiro atoms. The number of carbonyl (C=O) groups excluding carboxylic acids is 1. The van der Waals surface area contributed by atoms with Crippen LogP contribution in [0.2, 0.25) is 0 Å². The fourth-order valence-corrected chi connectivity index (χ4v) is 3.09. The molecule has 2 rings (SSSR count). The number of likely N-dealkylation sites (N-methyl/N-ethyl adjacent to an activating group) is 1. The maximum Gasteiger partial charge on any atom is 0.311 e. The number of nitro groups is 1. The molecule has 22 heavy (non-hydrogen) atoms. The van der Waals surface area contributed by atoms with Crippen molar-refractivity contribution in [1.29, 1.82) is 0 Å². The Morgan fingerprint density at radius 3 is 2.77 bits per heavy atom. The van der Waals surface area contributed by atoms with Crippen molar-refractivity contribution in [2.45, 2.75) is 13.8 Å². The molecule has 1 heterocycles. The second kappa shape index (κ2) is 6.61. The molecule has 1 N–H and O–H groups in total. The average Bonchev–Trinajstić information content (AvgIpc) is 2.77. The Labute approximate surface area is 131 Å². The highest BCUT2D eigenvalue weighted by Gasteiger charge is 2.32. The molecule has 0 aliphatic carbocycles. The molecule has 1 aromatic carbocycles. The SMILES string of the molecule is CCN=C1S/C(=C/c2cccc([N+](=O)[O-])c2O)C(=O)N1CC. The van der Waals surface area contributed by atoms with Crippen LogP contribution in [0.3, 0.4) is 0 Å². The zero-order chi connectivity index (χ0) is 16.3. The first-order valence-corrected chi connectivity index (χ1v) is 7.53. The summed E-state index contributed by atoms with van der Waals surface area (Å²) in [4.78, 5) is 28.6. The standard InChI is InChI=1S/C14H15N3O4S/c1-3-15-14-16(4-2)13(19)11(22-14)8-9-6-5-7-10(12(9)18)17(20)21/h5-8,18H,3-4H2,1-2H3/b11-8+,15-14?. The maximum absolute atomic E-state index is 12.3. The first-order valence-electron chi connectivity index (χ1n) is 6.71. The van der Waals surface area contributed by atoms with Gasteiger partial charge in [-0.25, -0.2) is 0 Å². The van der Waals surface area contributed by atoms with Crippen molar-refractivity contribution >= 4 is 34.6 Å². The number of thioether (sulfide) groups is 1. The fraction of sp³-hybridized carbons (Fsp3) is 0.286. The van der Waals surface area contributed by atoms with Gasteiger partial charge in [0.1, 0.15) is 0 Å². The molecule has 1 fully saturated rings. The molecule has 1 saturated heterocycles. The van der Waals surface area contributed by atoms with Crippen molar-refractivity contribution in [1.82, 2.24) is 4.90 Å². The van der Waals surface area contributed by atoms with Crippen LogP contribution in [0, 0.1) is 10.1 Å². The number of nitrogens with zero attached hydrogens (tertiary/aromatic N) is 3. The van der Waals surface area contributed by atoms with E-state index in [0.29, 0.717) is 23.2 Å².